The van der Waals surface area contributed by atoms with Crippen molar-refractivity contribution in [3.05, 3.63) is 29.1 Å². The second-order valence-electron chi connectivity index (χ2n) is 5.93. The van der Waals surface area contributed by atoms with Gasteiger partial charge in [-0.25, -0.2) is 11.6 Å². The standard InChI is InChI=1S/C18H31N3/c1-4-5-6-7-8-9-10-11-12-13-18-20-16-17(2)21(18)15-14-19-3/h16H,4-15H2,1-2H3. The number of aryl methyl sites for hydroxylation is 2. The van der Waals surface area contributed by atoms with E-state index in [0.717, 1.165) is 13.0 Å². The van der Waals surface area contributed by atoms with Crippen LogP contribution in [0.3, 0.4) is 0 Å². The molecule has 0 amide bonds. The Balaban J connectivity index is 2.11. The van der Waals surface area contributed by atoms with Gasteiger partial charge in [-0.2, -0.15) is 0 Å². The lowest BCUT2D eigenvalue weighted by Crippen LogP contribution is -2.07. The third-order valence-corrected chi connectivity index (χ3v) is 4.08. The van der Waals surface area contributed by atoms with Crippen molar-refractivity contribution in [1.82, 2.24) is 9.55 Å². The molecule has 0 spiro atoms. The largest absolute Gasteiger partial charge is 0.325 e. The van der Waals surface area contributed by atoms with E-state index in [-0.39, 0.29) is 0 Å². The van der Waals surface area contributed by atoms with Gasteiger partial charge in [0.1, 0.15) is 5.82 Å². The van der Waals surface area contributed by atoms with Crippen molar-refractivity contribution in [2.75, 3.05) is 6.54 Å². The molecule has 0 saturated heterocycles. The average Bonchev–Trinajstić information content (AvgIpc) is 2.84. The van der Waals surface area contributed by atoms with Crippen molar-refractivity contribution in [2.24, 2.45) is 0 Å². The van der Waals surface area contributed by atoms with E-state index < -0.39 is 0 Å². The van der Waals surface area contributed by atoms with Gasteiger partial charge in [-0.1, -0.05) is 58.3 Å². The molecule has 0 saturated carbocycles. The topological polar surface area (TPSA) is 22.2 Å². The first kappa shape index (κ1) is 17.8. The normalized spacial score (nSPS) is 10.7. The fourth-order valence-electron chi connectivity index (χ4n) is 2.76. The van der Waals surface area contributed by atoms with Crippen molar-refractivity contribution < 1.29 is 0 Å². The molecule has 0 bridgehead atoms. The van der Waals surface area contributed by atoms with E-state index >= 15 is 0 Å². The summed E-state index contributed by atoms with van der Waals surface area (Å²) in [4.78, 5) is 7.94. The number of imidazole rings is 1. The minimum atomic E-state index is 0.558. The van der Waals surface area contributed by atoms with Crippen LogP contribution in [0.25, 0.3) is 4.85 Å². The van der Waals surface area contributed by atoms with Crippen LogP contribution in [0, 0.1) is 13.5 Å². The van der Waals surface area contributed by atoms with Gasteiger partial charge in [0.2, 0.25) is 6.54 Å². The van der Waals surface area contributed by atoms with Gasteiger partial charge in [0, 0.05) is 18.3 Å². The summed E-state index contributed by atoms with van der Waals surface area (Å²) in [7, 11) is 0. The first-order valence-corrected chi connectivity index (χ1v) is 8.63. The van der Waals surface area contributed by atoms with Crippen molar-refractivity contribution >= 4 is 0 Å². The third-order valence-electron chi connectivity index (χ3n) is 4.08. The Morgan fingerprint density at radius 3 is 2.29 bits per heavy atom. The Hall–Kier alpha value is -1.30. The summed E-state index contributed by atoms with van der Waals surface area (Å²) >= 11 is 0. The van der Waals surface area contributed by atoms with E-state index in [1.165, 1.54) is 69.3 Å². The summed E-state index contributed by atoms with van der Waals surface area (Å²) in [6.45, 7) is 12.6. The van der Waals surface area contributed by atoms with Crippen LogP contribution in [-0.4, -0.2) is 16.1 Å². The zero-order valence-electron chi connectivity index (χ0n) is 13.9. The number of unbranched alkanes of at least 4 members (excludes halogenated alkanes) is 8. The Kier molecular flexibility index (Phi) is 9.61. The number of hydrogen-bond acceptors (Lipinski definition) is 1. The zero-order chi connectivity index (χ0) is 15.3. The van der Waals surface area contributed by atoms with Gasteiger partial charge in [0.05, 0.1) is 6.54 Å². The van der Waals surface area contributed by atoms with Gasteiger partial charge in [0.15, 0.2) is 0 Å². The summed E-state index contributed by atoms with van der Waals surface area (Å²) in [6.07, 6.45) is 15.2. The molecule has 0 aliphatic carbocycles. The number of rotatable bonds is 12. The molecule has 3 nitrogen and oxygen atoms in total. The van der Waals surface area contributed by atoms with Crippen molar-refractivity contribution in [1.29, 1.82) is 0 Å². The highest BCUT2D eigenvalue weighted by Gasteiger charge is 2.07. The van der Waals surface area contributed by atoms with Gasteiger partial charge >= 0.3 is 0 Å². The van der Waals surface area contributed by atoms with E-state index in [4.69, 9.17) is 6.57 Å². The van der Waals surface area contributed by atoms with Crippen molar-refractivity contribution in [3.8, 4) is 0 Å². The number of aromatic nitrogens is 2. The Bertz CT molecular complexity index is 415. The molecular formula is C18H31N3. The van der Waals surface area contributed by atoms with Crippen molar-refractivity contribution in [2.45, 2.75) is 84.6 Å². The molecule has 0 fully saturated rings. The van der Waals surface area contributed by atoms with Crippen LogP contribution in [0.4, 0.5) is 0 Å². The smallest absolute Gasteiger partial charge is 0.232 e. The minimum absolute atomic E-state index is 0.558. The molecule has 1 aromatic rings. The minimum Gasteiger partial charge on any atom is -0.325 e. The molecule has 0 N–H and O–H groups in total. The van der Waals surface area contributed by atoms with Gasteiger partial charge in [-0.3, -0.25) is 0 Å². The van der Waals surface area contributed by atoms with E-state index in [0.29, 0.717) is 6.54 Å². The second kappa shape index (κ2) is 11.4. The monoisotopic (exact) mass is 289 g/mol. The third kappa shape index (κ3) is 7.32. The molecule has 0 aliphatic rings. The highest BCUT2D eigenvalue weighted by Crippen LogP contribution is 2.12. The first-order chi connectivity index (χ1) is 10.3. The predicted octanol–water partition coefficient (Wildman–Crippen LogP) is 5.18. The van der Waals surface area contributed by atoms with Crippen molar-refractivity contribution in [3.63, 3.8) is 0 Å². The first-order valence-electron chi connectivity index (χ1n) is 8.63. The van der Waals surface area contributed by atoms with Crippen LogP contribution in [0.5, 0.6) is 0 Å². The van der Waals surface area contributed by atoms with Crippen LogP contribution in [0.1, 0.15) is 76.2 Å². The molecule has 21 heavy (non-hydrogen) atoms. The maximum Gasteiger partial charge on any atom is 0.232 e. The summed E-state index contributed by atoms with van der Waals surface area (Å²) < 4.78 is 2.21. The molecule has 0 aromatic carbocycles. The Morgan fingerprint density at radius 2 is 1.67 bits per heavy atom. The quantitative estimate of drug-likeness (QED) is 0.384. The van der Waals surface area contributed by atoms with E-state index in [1.807, 2.05) is 6.20 Å². The van der Waals surface area contributed by atoms with E-state index in [1.54, 1.807) is 0 Å². The molecular weight excluding hydrogens is 258 g/mol. The Labute approximate surface area is 130 Å². The fourth-order valence-corrected chi connectivity index (χ4v) is 2.76. The fraction of sp³-hybridized carbons (Fsp3) is 0.778. The molecule has 3 heteroatoms. The molecule has 1 heterocycles. The SMILES string of the molecule is [C-]#[N+]CCn1c(C)cnc1CCCCCCCCCCC. The molecule has 0 unspecified atom stereocenters. The van der Waals surface area contributed by atoms with Gasteiger partial charge in [-0.05, 0) is 13.3 Å². The predicted molar refractivity (Wildman–Crippen MR) is 89.4 cm³/mol. The van der Waals surface area contributed by atoms with Crippen LogP contribution < -0.4 is 0 Å². The lowest BCUT2D eigenvalue weighted by Gasteiger charge is -2.07. The molecule has 118 valence electrons. The van der Waals surface area contributed by atoms with Crippen LogP contribution in [-0.2, 0) is 13.0 Å². The zero-order valence-corrected chi connectivity index (χ0v) is 13.9. The molecule has 0 radical (unpaired) electrons. The van der Waals surface area contributed by atoms with Crippen LogP contribution >= 0.6 is 0 Å². The maximum absolute atomic E-state index is 6.91. The van der Waals surface area contributed by atoms with Crippen LogP contribution in [0.2, 0.25) is 0 Å². The van der Waals surface area contributed by atoms with Crippen LogP contribution in [0.15, 0.2) is 6.20 Å². The van der Waals surface area contributed by atoms with E-state index in [2.05, 4.69) is 28.2 Å². The lowest BCUT2D eigenvalue weighted by atomic mass is 10.1. The summed E-state index contributed by atoms with van der Waals surface area (Å²) in [5, 5.41) is 0. The molecule has 0 atom stereocenters. The summed E-state index contributed by atoms with van der Waals surface area (Å²) in [5.41, 5.74) is 1.18. The summed E-state index contributed by atoms with van der Waals surface area (Å²) in [5.74, 6) is 1.17. The molecule has 1 rings (SSSR count). The van der Waals surface area contributed by atoms with Gasteiger partial charge in [-0.15, -0.1) is 0 Å². The number of nitrogens with zero attached hydrogens (tertiary/aromatic N) is 3. The highest BCUT2D eigenvalue weighted by molar-refractivity contribution is 5.04. The maximum atomic E-state index is 6.91. The van der Waals surface area contributed by atoms with Gasteiger partial charge in [0.25, 0.3) is 0 Å². The number of hydrogen-bond donors (Lipinski definition) is 0. The lowest BCUT2D eigenvalue weighted by molar-refractivity contribution is 0.556. The van der Waals surface area contributed by atoms with E-state index in [9.17, 15) is 0 Å². The average molecular weight is 289 g/mol. The highest BCUT2D eigenvalue weighted by atomic mass is 15.1. The molecule has 1 aromatic heterocycles. The molecule has 0 aliphatic heterocycles. The summed E-state index contributed by atoms with van der Waals surface area (Å²) in [6, 6.07) is 0. The second-order valence-corrected chi connectivity index (χ2v) is 5.93. The Morgan fingerprint density at radius 1 is 1.05 bits per heavy atom. The van der Waals surface area contributed by atoms with Gasteiger partial charge < -0.3 is 9.41 Å².